The zero-order valence-corrected chi connectivity index (χ0v) is 21.0. The average molecular weight is 518 g/mol. The maximum absolute atomic E-state index is 14.0. The zero-order chi connectivity index (χ0) is 25.2. The van der Waals surface area contributed by atoms with Gasteiger partial charge in [0.2, 0.25) is 18.6 Å². The van der Waals surface area contributed by atoms with Crippen molar-refractivity contribution >= 4 is 34.2 Å². The SMILES string of the molecule is O=C(NC1CCCC1)C(c1ccsc1)N(Cc1ccc2c(c1)OCO2)C(=O)Cn1nnc2ccccc21. The number of carbonyl (C=O) groups excluding carboxylic acids is 2. The van der Waals surface area contributed by atoms with Gasteiger partial charge in [0.25, 0.3) is 0 Å². The molecule has 2 aromatic carbocycles. The third-order valence-electron chi connectivity index (χ3n) is 6.94. The van der Waals surface area contributed by atoms with Gasteiger partial charge in [0.1, 0.15) is 18.1 Å². The van der Waals surface area contributed by atoms with Gasteiger partial charge >= 0.3 is 0 Å². The fourth-order valence-corrected chi connectivity index (χ4v) is 5.75. The Balaban J connectivity index is 1.35. The van der Waals surface area contributed by atoms with Gasteiger partial charge in [0.15, 0.2) is 11.5 Å². The van der Waals surface area contributed by atoms with E-state index >= 15 is 0 Å². The van der Waals surface area contributed by atoms with Gasteiger partial charge in [-0.05, 0) is 65.1 Å². The lowest BCUT2D eigenvalue weighted by molar-refractivity contribution is -0.142. The van der Waals surface area contributed by atoms with Crippen LogP contribution in [0.1, 0.15) is 42.9 Å². The minimum atomic E-state index is -0.778. The molecule has 0 bridgehead atoms. The van der Waals surface area contributed by atoms with E-state index < -0.39 is 6.04 Å². The summed E-state index contributed by atoms with van der Waals surface area (Å²) in [6.07, 6.45) is 4.13. The smallest absolute Gasteiger partial charge is 0.247 e. The molecule has 190 valence electrons. The van der Waals surface area contributed by atoms with Crippen molar-refractivity contribution in [1.29, 1.82) is 0 Å². The van der Waals surface area contributed by atoms with Gasteiger partial charge in [0, 0.05) is 12.6 Å². The van der Waals surface area contributed by atoms with Crippen LogP contribution in [0.25, 0.3) is 11.0 Å². The number of fused-ring (bicyclic) bond motifs is 2. The number of benzene rings is 2. The van der Waals surface area contributed by atoms with Crippen molar-refractivity contribution in [1.82, 2.24) is 25.2 Å². The molecular formula is C27H27N5O4S. The molecule has 1 unspecified atom stereocenters. The number of amides is 2. The molecule has 1 aliphatic heterocycles. The van der Waals surface area contributed by atoms with Crippen LogP contribution in [0, 0.1) is 0 Å². The van der Waals surface area contributed by atoms with Crippen molar-refractivity contribution in [3.8, 4) is 11.5 Å². The average Bonchev–Trinajstić information content (AvgIpc) is 3.72. The molecule has 0 radical (unpaired) electrons. The first-order valence-electron chi connectivity index (χ1n) is 12.4. The largest absolute Gasteiger partial charge is 0.454 e. The summed E-state index contributed by atoms with van der Waals surface area (Å²) in [7, 11) is 0. The van der Waals surface area contributed by atoms with Crippen molar-refractivity contribution in [3.05, 3.63) is 70.4 Å². The van der Waals surface area contributed by atoms with Gasteiger partial charge in [-0.25, -0.2) is 4.68 Å². The van der Waals surface area contributed by atoms with E-state index in [9.17, 15) is 9.59 Å². The molecule has 1 atom stereocenters. The van der Waals surface area contributed by atoms with E-state index in [-0.39, 0.29) is 37.7 Å². The van der Waals surface area contributed by atoms with E-state index in [1.807, 2.05) is 59.3 Å². The second-order valence-corrected chi connectivity index (χ2v) is 10.2. The lowest BCUT2D eigenvalue weighted by Gasteiger charge is -2.32. The summed E-state index contributed by atoms with van der Waals surface area (Å²) >= 11 is 1.50. The quantitative estimate of drug-likeness (QED) is 0.379. The number of ether oxygens (including phenoxy) is 2. The molecule has 2 amide bonds. The summed E-state index contributed by atoms with van der Waals surface area (Å²) in [4.78, 5) is 29.4. The molecule has 1 N–H and O–H groups in total. The molecule has 1 fully saturated rings. The van der Waals surface area contributed by atoms with Gasteiger partial charge in [-0.2, -0.15) is 11.3 Å². The third-order valence-corrected chi connectivity index (χ3v) is 7.64. The van der Waals surface area contributed by atoms with Gasteiger partial charge in [-0.1, -0.05) is 36.3 Å². The molecule has 0 spiro atoms. The maximum atomic E-state index is 14.0. The summed E-state index contributed by atoms with van der Waals surface area (Å²) in [5, 5.41) is 15.5. The number of nitrogens with zero attached hydrogens (tertiary/aromatic N) is 4. The summed E-state index contributed by atoms with van der Waals surface area (Å²) in [6.45, 7) is 0.352. The number of carbonyl (C=O) groups is 2. The molecular weight excluding hydrogens is 490 g/mol. The zero-order valence-electron chi connectivity index (χ0n) is 20.2. The minimum Gasteiger partial charge on any atom is -0.454 e. The molecule has 2 aromatic heterocycles. The Morgan fingerprint density at radius 2 is 1.95 bits per heavy atom. The maximum Gasteiger partial charge on any atom is 0.247 e. The molecule has 2 aliphatic rings. The molecule has 1 aliphatic carbocycles. The van der Waals surface area contributed by atoms with Crippen LogP contribution < -0.4 is 14.8 Å². The van der Waals surface area contributed by atoms with Crippen molar-refractivity contribution in [2.24, 2.45) is 0 Å². The Labute approximate surface area is 218 Å². The highest BCUT2D eigenvalue weighted by Gasteiger charge is 2.34. The van der Waals surface area contributed by atoms with Crippen molar-refractivity contribution in [2.45, 2.75) is 50.9 Å². The normalized spacial score (nSPS) is 15.7. The molecule has 0 saturated heterocycles. The number of hydrogen-bond donors (Lipinski definition) is 1. The molecule has 10 heteroatoms. The first kappa shape index (κ1) is 23.5. The number of hydrogen-bond acceptors (Lipinski definition) is 7. The highest BCUT2D eigenvalue weighted by atomic mass is 32.1. The Hall–Kier alpha value is -3.92. The van der Waals surface area contributed by atoms with Crippen molar-refractivity contribution in [2.75, 3.05) is 6.79 Å². The van der Waals surface area contributed by atoms with Crippen LogP contribution in [-0.2, 0) is 22.7 Å². The van der Waals surface area contributed by atoms with Crippen LogP contribution in [0.3, 0.4) is 0 Å². The fraction of sp³-hybridized carbons (Fsp3) is 0.333. The predicted octanol–water partition coefficient (Wildman–Crippen LogP) is 4.05. The van der Waals surface area contributed by atoms with Crippen LogP contribution >= 0.6 is 11.3 Å². The fourth-order valence-electron chi connectivity index (χ4n) is 5.07. The van der Waals surface area contributed by atoms with Crippen LogP contribution in [-0.4, -0.2) is 44.5 Å². The molecule has 4 aromatic rings. The summed E-state index contributed by atoms with van der Waals surface area (Å²) < 4.78 is 12.6. The van der Waals surface area contributed by atoms with E-state index in [1.54, 1.807) is 9.58 Å². The van der Waals surface area contributed by atoms with Gasteiger partial charge < -0.3 is 19.7 Å². The molecule has 6 rings (SSSR count). The second-order valence-electron chi connectivity index (χ2n) is 9.39. The first-order valence-corrected chi connectivity index (χ1v) is 13.4. The number of thiophene rings is 1. The summed E-state index contributed by atoms with van der Waals surface area (Å²) in [5.41, 5.74) is 3.11. The van der Waals surface area contributed by atoms with Gasteiger partial charge in [-0.3, -0.25) is 9.59 Å². The van der Waals surface area contributed by atoms with Crippen molar-refractivity contribution in [3.63, 3.8) is 0 Å². The molecule has 1 saturated carbocycles. The van der Waals surface area contributed by atoms with E-state index in [4.69, 9.17) is 9.47 Å². The second kappa shape index (κ2) is 10.2. The Morgan fingerprint density at radius 1 is 1.11 bits per heavy atom. The number of nitrogens with one attached hydrogen (secondary N) is 1. The van der Waals surface area contributed by atoms with E-state index in [0.717, 1.165) is 42.3 Å². The van der Waals surface area contributed by atoms with E-state index in [1.165, 1.54) is 11.3 Å². The number of rotatable bonds is 8. The van der Waals surface area contributed by atoms with Crippen LogP contribution in [0.5, 0.6) is 11.5 Å². The lowest BCUT2D eigenvalue weighted by Crippen LogP contribution is -2.46. The lowest BCUT2D eigenvalue weighted by atomic mass is 10.0. The first-order chi connectivity index (χ1) is 18.2. The number of aromatic nitrogens is 3. The van der Waals surface area contributed by atoms with Crippen molar-refractivity contribution < 1.29 is 19.1 Å². The van der Waals surface area contributed by atoms with E-state index in [0.29, 0.717) is 17.0 Å². The summed E-state index contributed by atoms with van der Waals surface area (Å²) in [6, 6.07) is 14.4. The Morgan fingerprint density at radius 3 is 2.78 bits per heavy atom. The highest BCUT2D eigenvalue weighted by molar-refractivity contribution is 7.08. The Bertz CT molecular complexity index is 1410. The van der Waals surface area contributed by atoms with Crippen LogP contribution in [0.2, 0.25) is 0 Å². The van der Waals surface area contributed by atoms with Crippen LogP contribution in [0.4, 0.5) is 0 Å². The van der Waals surface area contributed by atoms with Gasteiger partial charge in [0.05, 0.1) is 5.52 Å². The topological polar surface area (TPSA) is 98.6 Å². The third kappa shape index (κ3) is 4.89. The predicted molar refractivity (Wildman–Crippen MR) is 138 cm³/mol. The standard InChI is InChI=1S/C27H27N5O4S/c33-25(15-32-22-8-4-3-7-21(22)29-30-32)31(14-18-9-10-23-24(13-18)36-17-35-23)26(19-11-12-37-16-19)27(34)28-20-5-1-2-6-20/h3-4,7-13,16,20,26H,1-2,5-6,14-15,17H2,(H,28,34). The highest BCUT2D eigenvalue weighted by Crippen LogP contribution is 2.34. The van der Waals surface area contributed by atoms with Gasteiger partial charge in [-0.15, -0.1) is 5.10 Å². The summed E-state index contributed by atoms with van der Waals surface area (Å²) in [5.74, 6) is 0.910. The molecule has 3 heterocycles. The molecule has 9 nitrogen and oxygen atoms in total. The van der Waals surface area contributed by atoms with Crippen LogP contribution in [0.15, 0.2) is 59.3 Å². The van der Waals surface area contributed by atoms with E-state index in [2.05, 4.69) is 15.6 Å². The Kier molecular flexibility index (Phi) is 6.48. The number of para-hydroxylation sites is 1. The monoisotopic (exact) mass is 517 g/mol. The molecule has 37 heavy (non-hydrogen) atoms. The minimum absolute atomic E-state index is 0.0393.